The quantitative estimate of drug-likeness (QED) is 0.0146. The summed E-state index contributed by atoms with van der Waals surface area (Å²) in [6.07, 6.45) is 82.8. The number of aliphatic hydroxyl groups is 2. The van der Waals surface area contributed by atoms with E-state index >= 15 is 0 Å². The molecule has 5 atom stereocenters. The van der Waals surface area contributed by atoms with Gasteiger partial charge in [0.05, 0.1) is 26.4 Å². The first-order chi connectivity index (χ1) is 47.2. The van der Waals surface area contributed by atoms with Crippen molar-refractivity contribution in [3.05, 3.63) is 109 Å². The standard InChI is InChI=1S/C79H138O16P2/c1-4-7-10-13-16-19-22-24-26-28-30-32-34-35-36-37-39-41-42-44-46-48-51-53-56-59-62-65-77(82)89-68-74(80)69-91-96(85,86)92-70-75(81)71-93-97(87,88)94-73-76(95-79(84)67-64-61-58-55-50-21-18-15-12-9-6-3)72-90-78(83)66-63-60-57-54-52-49-47-45-43-40-38-33-31-29-27-25-23-20-17-14-11-8-5-2/h7,10,16-17,19-20,24-27,30-33,35-36,40,43,74-76,80-81H,4-6,8-9,11-15,18,21-23,28-29,34,37-39,41-42,44-73H2,1-3H3,(H,85,86)(H,87,88)/b10-7-,19-16-,20-17-,26-24-,27-25-,32-30-,33-31-,36-35-,43-40-. The Hall–Kier alpha value is -3.79. The number of carbonyl (C=O) groups excluding carboxylic acids is 3. The molecule has 0 aliphatic rings. The fraction of sp³-hybridized carbons (Fsp3) is 0.734. The summed E-state index contributed by atoms with van der Waals surface area (Å²) in [6.45, 7) is 2.53. The molecule has 0 aliphatic heterocycles. The second-order valence-electron chi connectivity index (χ2n) is 25.4. The van der Waals surface area contributed by atoms with Gasteiger partial charge in [0, 0.05) is 19.3 Å². The molecule has 97 heavy (non-hydrogen) atoms. The fourth-order valence-corrected chi connectivity index (χ4v) is 11.8. The topological polar surface area (TPSA) is 231 Å². The summed E-state index contributed by atoms with van der Waals surface area (Å²) in [7, 11) is -9.78. The second kappa shape index (κ2) is 72.0. The first-order valence-electron chi connectivity index (χ1n) is 38.2. The molecule has 0 saturated carbocycles. The molecule has 0 aromatic rings. The molecule has 5 unspecified atom stereocenters. The Morgan fingerprint density at radius 1 is 0.299 bits per heavy atom. The molecule has 0 saturated heterocycles. The van der Waals surface area contributed by atoms with E-state index in [2.05, 4.69) is 130 Å². The number of carbonyl (C=O) groups is 3. The van der Waals surface area contributed by atoms with Crippen LogP contribution in [-0.2, 0) is 55.8 Å². The Morgan fingerprint density at radius 3 is 0.887 bits per heavy atom. The molecule has 0 heterocycles. The fourth-order valence-electron chi connectivity index (χ4n) is 10.2. The molecule has 18 heteroatoms. The monoisotopic (exact) mass is 1400 g/mol. The number of aliphatic hydroxyl groups excluding tert-OH is 2. The van der Waals surface area contributed by atoms with Crippen molar-refractivity contribution in [2.75, 3.05) is 39.6 Å². The van der Waals surface area contributed by atoms with Gasteiger partial charge in [-0.05, 0) is 109 Å². The Morgan fingerprint density at radius 2 is 0.546 bits per heavy atom. The van der Waals surface area contributed by atoms with Crippen molar-refractivity contribution in [3.63, 3.8) is 0 Å². The first-order valence-corrected chi connectivity index (χ1v) is 41.2. The predicted octanol–water partition coefficient (Wildman–Crippen LogP) is 22.0. The van der Waals surface area contributed by atoms with Crippen LogP contribution in [0, 0.1) is 0 Å². The third-order valence-corrected chi connectivity index (χ3v) is 17.9. The van der Waals surface area contributed by atoms with E-state index in [1.54, 1.807) is 0 Å². The minimum absolute atomic E-state index is 0.104. The summed E-state index contributed by atoms with van der Waals surface area (Å²) in [6, 6.07) is 0. The number of esters is 3. The van der Waals surface area contributed by atoms with Crippen LogP contribution in [0.25, 0.3) is 0 Å². The van der Waals surface area contributed by atoms with Gasteiger partial charge >= 0.3 is 33.6 Å². The summed E-state index contributed by atoms with van der Waals surface area (Å²) in [4.78, 5) is 58.5. The first kappa shape index (κ1) is 93.2. The second-order valence-corrected chi connectivity index (χ2v) is 28.3. The average Bonchev–Trinajstić information content (AvgIpc) is 1.56. The number of hydrogen-bond acceptors (Lipinski definition) is 14. The number of phosphoric acid groups is 2. The number of hydrogen-bond donors (Lipinski definition) is 4. The van der Waals surface area contributed by atoms with Gasteiger partial charge in [-0.1, -0.05) is 297 Å². The molecular formula is C79H138O16P2. The number of ether oxygens (including phenoxy) is 3. The van der Waals surface area contributed by atoms with E-state index < -0.39 is 91.5 Å². The van der Waals surface area contributed by atoms with Crippen LogP contribution in [0.4, 0.5) is 0 Å². The van der Waals surface area contributed by atoms with Crippen molar-refractivity contribution >= 4 is 33.6 Å². The lowest BCUT2D eigenvalue weighted by atomic mass is 10.0. The van der Waals surface area contributed by atoms with Gasteiger partial charge in [-0.2, -0.15) is 0 Å². The molecule has 0 aromatic carbocycles. The van der Waals surface area contributed by atoms with Crippen LogP contribution >= 0.6 is 15.6 Å². The molecule has 0 radical (unpaired) electrons. The molecule has 0 aliphatic carbocycles. The predicted molar refractivity (Wildman–Crippen MR) is 399 cm³/mol. The van der Waals surface area contributed by atoms with Gasteiger partial charge in [0.2, 0.25) is 0 Å². The summed E-state index contributed by atoms with van der Waals surface area (Å²) in [5, 5.41) is 20.6. The summed E-state index contributed by atoms with van der Waals surface area (Å²) >= 11 is 0. The van der Waals surface area contributed by atoms with Crippen molar-refractivity contribution < 1.29 is 75.8 Å². The van der Waals surface area contributed by atoms with Crippen molar-refractivity contribution in [1.29, 1.82) is 0 Å². The van der Waals surface area contributed by atoms with Crippen LogP contribution in [0.2, 0.25) is 0 Å². The number of rotatable bonds is 72. The molecule has 0 bridgehead atoms. The lowest BCUT2D eigenvalue weighted by molar-refractivity contribution is -0.161. The minimum atomic E-state index is -4.93. The van der Waals surface area contributed by atoms with Crippen molar-refractivity contribution in [1.82, 2.24) is 0 Å². The molecular weight excluding hydrogens is 1270 g/mol. The molecule has 0 amide bonds. The van der Waals surface area contributed by atoms with Crippen molar-refractivity contribution in [2.45, 2.75) is 334 Å². The van der Waals surface area contributed by atoms with Crippen molar-refractivity contribution in [2.24, 2.45) is 0 Å². The van der Waals surface area contributed by atoms with E-state index in [0.717, 1.165) is 148 Å². The van der Waals surface area contributed by atoms with Gasteiger partial charge in [0.1, 0.15) is 25.4 Å². The summed E-state index contributed by atoms with van der Waals surface area (Å²) in [5.74, 6) is -1.58. The van der Waals surface area contributed by atoms with Crippen LogP contribution in [0.15, 0.2) is 109 Å². The Bertz CT molecular complexity index is 2200. The van der Waals surface area contributed by atoms with Crippen molar-refractivity contribution in [3.8, 4) is 0 Å². The number of phosphoric ester groups is 2. The normalized spacial score (nSPS) is 14.7. The van der Waals surface area contributed by atoms with Crippen LogP contribution in [0.3, 0.4) is 0 Å². The van der Waals surface area contributed by atoms with Gasteiger partial charge in [0.25, 0.3) is 0 Å². The van der Waals surface area contributed by atoms with Crippen LogP contribution in [-0.4, -0.2) is 95.9 Å². The maximum absolute atomic E-state index is 12.9. The van der Waals surface area contributed by atoms with Gasteiger partial charge in [-0.15, -0.1) is 0 Å². The zero-order valence-corrected chi connectivity index (χ0v) is 62.8. The smallest absolute Gasteiger partial charge is 0.463 e. The third-order valence-electron chi connectivity index (χ3n) is 16.0. The van der Waals surface area contributed by atoms with Crippen LogP contribution < -0.4 is 0 Å². The Labute approximate surface area is 590 Å². The highest BCUT2D eigenvalue weighted by molar-refractivity contribution is 7.47. The lowest BCUT2D eigenvalue weighted by Gasteiger charge is -2.21. The SMILES string of the molecule is CC/C=C\C/C=C\C/C=C\C/C=C\C/C=C\CCCCCCCCCCCCCC(=O)OCC(O)COP(=O)(O)OCC(O)COP(=O)(O)OCC(COC(=O)CCCCCCCCC/C=C\C/C=C\C/C=C\C/C=C\CCCCC)OC(=O)CCCCCCCCCCCCC. The number of unbranched alkanes of at least 4 members (excludes halogenated alkanes) is 31. The Balaban J connectivity index is 4.49. The van der Waals surface area contributed by atoms with E-state index in [4.69, 9.17) is 32.3 Å². The van der Waals surface area contributed by atoms with Gasteiger partial charge < -0.3 is 34.2 Å². The molecule has 0 rings (SSSR count). The van der Waals surface area contributed by atoms with E-state index in [1.165, 1.54) is 109 Å². The maximum Gasteiger partial charge on any atom is 0.472 e. The lowest BCUT2D eigenvalue weighted by Crippen LogP contribution is -2.30. The van der Waals surface area contributed by atoms with Gasteiger partial charge in [-0.3, -0.25) is 32.5 Å². The molecule has 4 N–H and O–H groups in total. The third kappa shape index (κ3) is 73.3. The highest BCUT2D eigenvalue weighted by Gasteiger charge is 2.29. The molecule has 0 aromatic heterocycles. The molecule has 0 fully saturated rings. The molecule has 16 nitrogen and oxygen atoms in total. The van der Waals surface area contributed by atoms with E-state index in [9.17, 15) is 43.5 Å². The van der Waals surface area contributed by atoms with Crippen LogP contribution in [0.5, 0.6) is 0 Å². The molecule has 560 valence electrons. The zero-order chi connectivity index (χ0) is 70.9. The van der Waals surface area contributed by atoms with E-state index in [0.29, 0.717) is 19.3 Å². The largest absolute Gasteiger partial charge is 0.472 e. The average molecular weight is 1410 g/mol. The molecule has 0 spiro atoms. The number of allylic oxidation sites excluding steroid dienone is 18. The van der Waals surface area contributed by atoms with Gasteiger partial charge in [-0.25, -0.2) is 9.13 Å². The summed E-state index contributed by atoms with van der Waals surface area (Å²) in [5.41, 5.74) is 0. The maximum atomic E-state index is 12.9. The minimum Gasteiger partial charge on any atom is -0.463 e. The summed E-state index contributed by atoms with van der Waals surface area (Å²) < 4.78 is 61.0. The van der Waals surface area contributed by atoms with Gasteiger partial charge in [0.15, 0.2) is 6.10 Å². The van der Waals surface area contributed by atoms with E-state index in [1.807, 2.05) is 0 Å². The Kier molecular flexibility index (Phi) is 69.2. The van der Waals surface area contributed by atoms with Crippen LogP contribution in [0.1, 0.15) is 316 Å². The highest BCUT2D eigenvalue weighted by Crippen LogP contribution is 2.45. The van der Waals surface area contributed by atoms with E-state index in [-0.39, 0.29) is 19.3 Å². The highest BCUT2D eigenvalue weighted by atomic mass is 31.2. The zero-order valence-electron chi connectivity index (χ0n) is 61.0.